The molecule has 2 aromatic rings. The van der Waals surface area contributed by atoms with Crippen LogP contribution in [0.2, 0.25) is 5.02 Å². The first-order valence-electron chi connectivity index (χ1n) is 7.10. The van der Waals surface area contributed by atoms with Crippen LogP contribution in [0.4, 0.5) is 24.8 Å². The first-order chi connectivity index (χ1) is 11.3. The van der Waals surface area contributed by atoms with Gasteiger partial charge in [-0.25, -0.2) is 9.97 Å². The monoisotopic (exact) mass is 356 g/mol. The quantitative estimate of drug-likeness (QED) is 0.869. The van der Waals surface area contributed by atoms with Crippen LogP contribution in [-0.2, 0) is 6.18 Å². The van der Waals surface area contributed by atoms with Crippen molar-refractivity contribution < 1.29 is 18.0 Å². The maximum absolute atomic E-state index is 13.1. The van der Waals surface area contributed by atoms with E-state index in [4.69, 9.17) is 11.6 Å². The topological polar surface area (TPSA) is 66.9 Å². The molecule has 126 valence electrons. The number of alkyl halides is 3. The van der Waals surface area contributed by atoms with E-state index in [2.05, 4.69) is 20.6 Å². The van der Waals surface area contributed by atoms with E-state index in [9.17, 15) is 18.0 Å². The number of rotatable bonds is 4. The summed E-state index contributed by atoms with van der Waals surface area (Å²) < 4.78 is 39.2. The van der Waals surface area contributed by atoms with Gasteiger partial charge in [-0.1, -0.05) is 11.6 Å². The second kappa shape index (κ2) is 6.27. The van der Waals surface area contributed by atoms with Crippen molar-refractivity contribution in [1.29, 1.82) is 0 Å². The Hall–Kier alpha value is -2.35. The maximum atomic E-state index is 13.1. The van der Waals surface area contributed by atoms with Crippen LogP contribution in [-0.4, -0.2) is 21.9 Å². The third-order valence-electron chi connectivity index (χ3n) is 3.33. The molecule has 1 saturated carbocycles. The van der Waals surface area contributed by atoms with Crippen molar-refractivity contribution in [3.63, 3.8) is 0 Å². The Kier molecular flexibility index (Phi) is 4.31. The molecule has 5 nitrogen and oxygen atoms in total. The molecule has 1 aromatic carbocycles. The van der Waals surface area contributed by atoms with E-state index in [1.54, 1.807) is 0 Å². The molecule has 0 spiro atoms. The Morgan fingerprint density at radius 2 is 2.00 bits per heavy atom. The largest absolute Gasteiger partial charge is 0.418 e. The second-order valence-electron chi connectivity index (χ2n) is 5.33. The molecule has 3 rings (SSSR count). The molecule has 0 bridgehead atoms. The highest BCUT2D eigenvalue weighted by Gasteiger charge is 2.34. The molecule has 9 heteroatoms. The molecule has 2 N–H and O–H groups in total. The van der Waals surface area contributed by atoms with Crippen LogP contribution in [0.1, 0.15) is 28.9 Å². The molecule has 1 heterocycles. The highest BCUT2D eigenvalue weighted by atomic mass is 35.5. The van der Waals surface area contributed by atoms with Gasteiger partial charge in [0.05, 0.1) is 11.3 Å². The van der Waals surface area contributed by atoms with Gasteiger partial charge in [-0.2, -0.15) is 13.2 Å². The third kappa shape index (κ3) is 3.94. The summed E-state index contributed by atoms with van der Waals surface area (Å²) in [5.74, 6) is -0.485. The van der Waals surface area contributed by atoms with E-state index in [1.807, 2.05) is 0 Å². The van der Waals surface area contributed by atoms with Crippen LogP contribution < -0.4 is 10.6 Å². The number of carbonyl (C=O) groups excluding carboxylic acids is 1. The molecular formula is C15H12ClF3N4O. The summed E-state index contributed by atoms with van der Waals surface area (Å²) in [6.45, 7) is 0. The van der Waals surface area contributed by atoms with E-state index >= 15 is 0 Å². The molecule has 0 atom stereocenters. The fourth-order valence-corrected chi connectivity index (χ4v) is 2.18. The van der Waals surface area contributed by atoms with Crippen molar-refractivity contribution in [3.05, 3.63) is 46.7 Å². The number of hydrogen-bond donors (Lipinski definition) is 2. The lowest BCUT2D eigenvalue weighted by atomic mass is 10.1. The second-order valence-corrected chi connectivity index (χ2v) is 5.76. The zero-order valence-electron chi connectivity index (χ0n) is 12.2. The Morgan fingerprint density at radius 1 is 1.25 bits per heavy atom. The Labute approximate surface area is 140 Å². The van der Waals surface area contributed by atoms with Crippen LogP contribution in [0.15, 0.2) is 30.5 Å². The standard InChI is InChI=1S/C15H12ClF3N4O/c16-8-1-4-11(10(7-8)15(17,18)19)22-13(24)12-5-6-20-14(23-12)21-9-2-3-9/h1,4-7,9H,2-3H2,(H,22,24)(H,20,21,23). The lowest BCUT2D eigenvalue weighted by Crippen LogP contribution is -2.18. The van der Waals surface area contributed by atoms with Gasteiger partial charge in [-0.15, -0.1) is 0 Å². The number of aromatic nitrogens is 2. The number of nitrogens with zero attached hydrogens (tertiary/aromatic N) is 2. The van der Waals surface area contributed by atoms with Gasteiger partial charge in [0.1, 0.15) is 5.69 Å². The van der Waals surface area contributed by atoms with Gasteiger partial charge < -0.3 is 10.6 Å². The molecular weight excluding hydrogens is 345 g/mol. The zero-order valence-corrected chi connectivity index (χ0v) is 12.9. The predicted octanol–water partition coefficient (Wildman–Crippen LogP) is 3.98. The first-order valence-corrected chi connectivity index (χ1v) is 7.48. The molecule has 1 aliphatic rings. The van der Waals surface area contributed by atoms with Crippen molar-refractivity contribution in [3.8, 4) is 0 Å². The molecule has 0 unspecified atom stereocenters. The Balaban J connectivity index is 1.82. The van der Waals surface area contributed by atoms with E-state index in [-0.39, 0.29) is 28.4 Å². The number of nitrogens with one attached hydrogen (secondary N) is 2. The lowest BCUT2D eigenvalue weighted by molar-refractivity contribution is -0.136. The van der Waals surface area contributed by atoms with E-state index in [1.165, 1.54) is 18.3 Å². The number of carbonyl (C=O) groups is 1. The molecule has 1 aromatic heterocycles. The molecule has 1 aliphatic carbocycles. The molecule has 1 amide bonds. The number of hydrogen-bond acceptors (Lipinski definition) is 4. The Bertz CT molecular complexity index is 778. The molecule has 0 aliphatic heterocycles. The van der Waals surface area contributed by atoms with Gasteiger partial charge in [-0.05, 0) is 37.1 Å². The fraction of sp³-hybridized carbons (Fsp3) is 0.267. The molecule has 0 radical (unpaired) electrons. The van der Waals surface area contributed by atoms with Crippen molar-refractivity contribution >= 4 is 29.1 Å². The number of anilines is 2. The SMILES string of the molecule is O=C(Nc1ccc(Cl)cc1C(F)(F)F)c1ccnc(NC2CC2)n1. The summed E-state index contributed by atoms with van der Waals surface area (Å²) in [5, 5.41) is 5.17. The highest BCUT2D eigenvalue weighted by Crippen LogP contribution is 2.36. The molecule has 0 saturated heterocycles. The minimum absolute atomic E-state index is 0.0313. The van der Waals surface area contributed by atoms with Crippen molar-refractivity contribution in [2.75, 3.05) is 10.6 Å². The molecule has 24 heavy (non-hydrogen) atoms. The zero-order chi connectivity index (χ0) is 17.3. The summed E-state index contributed by atoms with van der Waals surface area (Å²) in [4.78, 5) is 20.2. The van der Waals surface area contributed by atoms with Gasteiger partial charge in [0.15, 0.2) is 0 Å². The van der Waals surface area contributed by atoms with Crippen molar-refractivity contribution in [2.24, 2.45) is 0 Å². The van der Waals surface area contributed by atoms with E-state index in [0.29, 0.717) is 0 Å². The summed E-state index contributed by atoms with van der Waals surface area (Å²) >= 11 is 5.61. The average molecular weight is 357 g/mol. The minimum atomic E-state index is -4.64. The van der Waals surface area contributed by atoms with Crippen LogP contribution in [0.25, 0.3) is 0 Å². The van der Waals surface area contributed by atoms with Gasteiger partial charge in [0.25, 0.3) is 5.91 Å². The predicted molar refractivity (Wildman–Crippen MR) is 83.1 cm³/mol. The molecule has 1 fully saturated rings. The normalized spacial score (nSPS) is 14.3. The maximum Gasteiger partial charge on any atom is 0.418 e. The average Bonchev–Trinajstić information content (AvgIpc) is 3.32. The van der Waals surface area contributed by atoms with Crippen LogP contribution in [0.3, 0.4) is 0 Å². The highest BCUT2D eigenvalue weighted by molar-refractivity contribution is 6.30. The number of amides is 1. The smallest absolute Gasteiger partial charge is 0.351 e. The first kappa shape index (κ1) is 16.5. The minimum Gasteiger partial charge on any atom is -0.351 e. The number of benzene rings is 1. The van der Waals surface area contributed by atoms with Crippen LogP contribution in [0.5, 0.6) is 0 Å². The van der Waals surface area contributed by atoms with Crippen molar-refractivity contribution in [1.82, 2.24) is 9.97 Å². The van der Waals surface area contributed by atoms with Gasteiger partial charge >= 0.3 is 6.18 Å². The van der Waals surface area contributed by atoms with Crippen LogP contribution in [0, 0.1) is 0 Å². The number of halogens is 4. The van der Waals surface area contributed by atoms with Gasteiger partial charge in [0, 0.05) is 17.3 Å². The fourth-order valence-electron chi connectivity index (χ4n) is 2.01. The van der Waals surface area contributed by atoms with Crippen molar-refractivity contribution in [2.45, 2.75) is 25.1 Å². The Morgan fingerprint density at radius 3 is 2.67 bits per heavy atom. The summed E-state index contributed by atoms with van der Waals surface area (Å²) in [7, 11) is 0. The van der Waals surface area contributed by atoms with Crippen LogP contribution >= 0.6 is 11.6 Å². The van der Waals surface area contributed by atoms with Gasteiger partial charge in [-0.3, -0.25) is 4.79 Å². The van der Waals surface area contributed by atoms with E-state index in [0.717, 1.165) is 25.0 Å². The summed E-state index contributed by atoms with van der Waals surface area (Å²) in [5.41, 5.74) is -1.43. The summed E-state index contributed by atoms with van der Waals surface area (Å²) in [6, 6.07) is 4.75. The van der Waals surface area contributed by atoms with E-state index < -0.39 is 17.6 Å². The third-order valence-corrected chi connectivity index (χ3v) is 3.57. The van der Waals surface area contributed by atoms with Gasteiger partial charge in [0.2, 0.25) is 5.95 Å². The summed E-state index contributed by atoms with van der Waals surface area (Å²) in [6.07, 6.45) is -1.27. The lowest BCUT2D eigenvalue weighted by Gasteiger charge is -2.14.